The van der Waals surface area contributed by atoms with E-state index in [4.69, 9.17) is 0 Å². The lowest BCUT2D eigenvalue weighted by Crippen LogP contribution is -2.33. The van der Waals surface area contributed by atoms with E-state index >= 15 is 0 Å². The van der Waals surface area contributed by atoms with Gasteiger partial charge in [-0.3, -0.25) is 4.68 Å². The van der Waals surface area contributed by atoms with Gasteiger partial charge in [0, 0.05) is 19.7 Å². The third-order valence-electron chi connectivity index (χ3n) is 2.41. The van der Waals surface area contributed by atoms with Crippen molar-refractivity contribution in [2.75, 3.05) is 6.26 Å². The molecule has 2 unspecified atom stereocenters. The summed E-state index contributed by atoms with van der Waals surface area (Å²) in [5.74, 6) is 0.568. The van der Waals surface area contributed by atoms with Crippen molar-refractivity contribution in [3.8, 4) is 0 Å². The standard InChI is InChI=1S/C8H15N3O3S/c1-6(15(3,13)14)7(12)4-8-9-5-10-11(8)2/h5-7,12H,4H2,1-3H3. The Morgan fingerprint density at radius 3 is 2.60 bits per heavy atom. The highest BCUT2D eigenvalue weighted by Crippen LogP contribution is 2.08. The van der Waals surface area contributed by atoms with Crippen LogP contribution >= 0.6 is 0 Å². The van der Waals surface area contributed by atoms with Crippen LogP contribution in [-0.4, -0.2) is 45.9 Å². The first-order chi connectivity index (χ1) is 6.82. The molecular formula is C8H15N3O3S. The van der Waals surface area contributed by atoms with Gasteiger partial charge in [-0.05, 0) is 6.92 Å². The molecule has 1 aromatic heterocycles. The highest BCUT2D eigenvalue weighted by atomic mass is 32.2. The van der Waals surface area contributed by atoms with Crippen molar-refractivity contribution in [3.63, 3.8) is 0 Å². The van der Waals surface area contributed by atoms with Crippen molar-refractivity contribution in [2.24, 2.45) is 7.05 Å². The molecule has 0 saturated carbocycles. The first-order valence-electron chi connectivity index (χ1n) is 4.52. The largest absolute Gasteiger partial charge is 0.391 e. The van der Waals surface area contributed by atoms with Crippen LogP contribution in [0.15, 0.2) is 6.33 Å². The van der Waals surface area contributed by atoms with E-state index in [1.807, 2.05) is 0 Å². The Balaban J connectivity index is 2.72. The Morgan fingerprint density at radius 2 is 2.20 bits per heavy atom. The number of hydrogen-bond donors (Lipinski definition) is 1. The second-order valence-electron chi connectivity index (χ2n) is 3.61. The summed E-state index contributed by atoms with van der Waals surface area (Å²) < 4.78 is 23.9. The average Bonchev–Trinajstić information content (AvgIpc) is 2.49. The first kappa shape index (κ1) is 12.1. The Kier molecular flexibility index (Phi) is 3.46. The van der Waals surface area contributed by atoms with E-state index in [1.165, 1.54) is 17.9 Å². The molecule has 0 bridgehead atoms. The maximum absolute atomic E-state index is 11.2. The molecule has 0 spiro atoms. The number of sulfone groups is 1. The summed E-state index contributed by atoms with van der Waals surface area (Å²) in [6.45, 7) is 1.48. The minimum absolute atomic E-state index is 0.185. The van der Waals surface area contributed by atoms with Crippen LogP contribution in [0.5, 0.6) is 0 Å². The van der Waals surface area contributed by atoms with Crippen LogP contribution in [0, 0.1) is 0 Å². The lowest BCUT2D eigenvalue weighted by Gasteiger charge is -2.16. The van der Waals surface area contributed by atoms with Crippen molar-refractivity contribution in [3.05, 3.63) is 12.2 Å². The van der Waals surface area contributed by atoms with Crippen LogP contribution in [0.4, 0.5) is 0 Å². The molecular weight excluding hydrogens is 218 g/mol. The molecule has 15 heavy (non-hydrogen) atoms. The number of hydrogen-bond acceptors (Lipinski definition) is 5. The van der Waals surface area contributed by atoms with E-state index < -0.39 is 21.2 Å². The first-order valence-corrected chi connectivity index (χ1v) is 6.47. The summed E-state index contributed by atoms with van der Waals surface area (Å²) >= 11 is 0. The molecule has 1 rings (SSSR count). The third-order valence-corrected chi connectivity index (χ3v) is 4.08. The summed E-state index contributed by atoms with van der Waals surface area (Å²) in [5.41, 5.74) is 0. The fourth-order valence-corrected chi connectivity index (χ4v) is 1.81. The molecule has 1 heterocycles. The van der Waals surface area contributed by atoms with Gasteiger partial charge in [0.1, 0.15) is 12.2 Å². The number of nitrogens with zero attached hydrogens (tertiary/aromatic N) is 3. The Labute approximate surface area is 88.9 Å². The van der Waals surface area contributed by atoms with Gasteiger partial charge in [0.25, 0.3) is 0 Å². The fourth-order valence-electron chi connectivity index (χ4n) is 1.14. The topological polar surface area (TPSA) is 85.1 Å². The number of aliphatic hydroxyl groups is 1. The maximum Gasteiger partial charge on any atom is 0.152 e. The molecule has 7 heteroatoms. The molecule has 6 nitrogen and oxygen atoms in total. The van der Waals surface area contributed by atoms with Crippen molar-refractivity contribution in [1.82, 2.24) is 14.8 Å². The SMILES string of the molecule is CC(C(O)Cc1ncnn1C)S(C)(=O)=O. The van der Waals surface area contributed by atoms with Crippen LogP contribution in [0.2, 0.25) is 0 Å². The second-order valence-corrected chi connectivity index (χ2v) is 6.01. The van der Waals surface area contributed by atoms with Crippen LogP contribution < -0.4 is 0 Å². The molecule has 2 atom stereocenters. The summed E-state index contributed by atoms with van der Waals surface area (Å²) in [7, 11) is -1.53. The maximum atomic E-state index is 11.2. The molecule has 1 N–H and O–H groups in total. The highest BCUT2D eigenvalue weighted by molar-refractivity contribution is 7.91. The van der Waals surface area contributed by atoms with Crippen molar-refractivity contribution < 1.29 is 13.5 Å². The number of aliphatic hydroxyl groups excluding tert-OH is 1. The summed E-state index contributed by atoms with van der Waals surface area (Å²) in [5, 5.41) is 12.7. The molecule has 0 aliphatic carbocycles. The quantitative estimate of drug-likeness (QED) is 0.732. The smallest absolute Gasteiger partial charge is 0.152 e. The van der Waals surface area contributed by atoms with E-state index in [-0.39, 0.29) is 6.42 Å². The van der Waals surface area contributed by atoms with E-state index in [1.54, 1.807) is 7.05 Å². The molecule has 86 valence electrons. The average molecular weight is 233 g/mol. The number of aryl methyl sites for hydroxylation is 1. The fraction of sp³-hybridized carbons (Fsp3) is 0.750. The molecule has 0 aromatic carbocycles. The molecule has 0 fully saturated rings. The van der Waals surface area contributed by atoms with Gasteiger partial charge in [0.2, 0.25) is 0 Å². The van der Waals surface area contributed by atoms with Gasteiger partial charge < -0.3 is 5.11 Å². The van der Waals surface area contributed by atoms with Crippen molar-refractivity contribution in [1.29, 1.82) is 0 Å². The predicted octanol–water partition coefficient (Wildman–Crippen LogP) is -0.848. The Bertz CT molecular complexity index is 426. The zero-order chi connectivity index (χ0) is 11.6. The van der Waals surface area contributed by atoms with E-state index in [9.17, 15) is 13.5 Å². The third kappa shape index (κ3) is 3.00. The number of aromatic nitrogens is 3. The summed E-state index contributed by atoms with van der Waals surface area (Å²) in [6.07, 6.45) is 1.71. The van der Waals surface area contributed by atoms with Crippen LogP contribution in [-0.2, 0) is 23.3 Å². The van der Waals surface area contributed by atoms with Gasteiger partial charge in [-0.1, -0.05) is 0 Å². The van der Waals surface area contributed by atoms with Gasteiger partial charge in [-0.25, -0.2) is 13.4 Å². The van der Waals surface area contributed by atoms with Crippen LogP contribution in [0.1, 0.15) is 12.7 Å². The van der Waals surface area contributed by atoms with Crippen LogP contribution in [0.25, 0.3) is 0 Å². The zero-order valence-electron chi connectivity index (χ0n) is 8.95. The molecule has 0 aliphatic rings. The van der Waals surface area contributed by atoms with Gasteiger partial charge in [-0.2, -0.15) is 5.10 Å². The lowest BCUT2D eigenvalue weighted by atomic mass is 10.2. The molecule has 0 aliphatic heterocycles. The molecule has 0 amide bonds. The van der Waals surface area contributed by atoms with Gasteiger partial charge in [-0.15, -0.1) is 0 Å². The Morgan fingerprint density at radius 1 is 1.60 bits per heavy atom. The van der Waals surface area contributed by atoms with Crippen molar-refractivity contribution in [2.45, 2.75) is 24.7 Å². The minimum atomic E-state index is -3.23. The summed E-state index contributed by atoms with van der Waals surface area (Å²) in [6, 6.07) is 0. The molecule has 1 aromatic rings. The van der Waals surface area contributed by atoms with Gasteiger partial charge >= 0.3 is 0 Å². The molecule has 0 radical (unpaired) electrons. The van der Waals surface area contributed by atoms with E-state index in [0.717, 1.165) is 6.26 Å². The van der Waals surface area contributed by atoms with E-state index in [2.05, 4.69) is 10.1 Å². The minimum Gasteiger partial charge on any atom is -0.391 e. The van der Waals surface area contributed by atoms with Gasteiger partial charge in [0.05, 0.1) is 11.4 Å². The summed E-state index contributed by atoms with van der Waals surface area (Å²) in [4.78, 5) is 3.92. The zero-order valence-corrected chi connectivity index (χ0v) is 9.77. The lowest BCUT2D eigenvalue weighted by molar-refractivity contribution is 0.169. The Hall–Kier alpha value is -0.950. The van der Waals surface area contributed by atoms with E-state index in [0.29, 0.717) is 5.82 Å². The van der Waals surface area contributed by atoms with Crippen LogP contribution in [0.3, 0.4) is 0 Å². The normalized spacial score (nSPS) is 16.3. The van der Waals surface area contributed by atoms with Crippen molar-refractivity contribution >= 4 is 9.84 Å². The van der Waals surface area contributed by atoms with Gasteiger partial charge in [0.15, 0.2) is 9.84 Å². The number of rotatable bonds is 4. The molecule has 0 saturated heterocycles. The highest BCUT2D eigenvalue weighted by Gasteiger charge is 2.25. The monoisotopic (exact) mass is 233 g/mol. The predicted molar refractivity (Wildman–Crippen MR) is 55.0 cm³/mol. The second kappa shape index (κ2) is 4.28.